The van der Waals surface area contributed by atoms with Crippen LogP contribution >= 0.6 is 24.2 Å². The maximum Gasteiger partial charge on any atom is 0.174 e. The normalized spacial score (nSPS) is 9.65. The van der Waals surface area contributed by atoms with E-state index in [4.69, 9.17) is 15.2 Å². The molecule has 5 heteroatoms. The molecular formula is C12H20ClNO2S. The smallest absolute Gasteiger partial charge is 0.174 e. The van der Waals surface area contributed by atoms with Crippen LogP contribution in [-0.2, 0) is 6.42 Å². The van der Waals surface area contributed by atoms with Crippen LogP contribution in [0.25, 0.3) is 0 Å². The quantitative estimate of drug-likeness (QED) is 0.812. The van der Waals surface area contributed by atoms with Gasteiger partial charge in [0.15, 0.2) is 11.5 Å². The summed E-state index contributed by atoms with van der Waals surface area (Å²) in [6.07, 6.45) is 2.89. The summed E-state index contributed by atoms with van der Waals surface area (Å²) in [6.45, 7) is 3.25. The zero-order valence-electron chi connectivity index (χ0n) is 10.5. The average molecular weight is 278 g/mol. The van der Waals surface area contributed by atoms with Crippen molar-refractivity contribution >= 4 is 24.2 Å². The highest BCUT2D eigenvalue weighted by Gasteiger charge is 2.11. The molecule has 3 nitrogen and oxygen atoms in total. The summed E-state index contributed by atoms with van der Waals surface area (Å²) in [4.78, 5) is 1.10. The molecule has 0 saturated carbocycles. The van der Waals surface area contributed by atoms with Crippen LogP contribution in [-0.4, -0.2) is 26.5 Å². The van der Waals surface area contributed by atoms with Crippen molar-refractivity contribution in [1.29, 1.82) is 0 Å². The molecule has 1 aromatic rings. The summed E-state index contributed by atoms with van der Waals surface area (Å²) < 4.78 is 11.0. The van der Waals surface area contributed by atoms with Crippen LogP contribution in [0.3, 0.4) is 0 Å². The number of halogens is 1. The monoisotopic (exact) mass is 277 g/mol. The maximum absolute atomic E-state index is 5.61. The van der Waals surface area contributed by atoms with Crippen LogP contribution in [0, 0.1) is 0 Å². The largest absolute Gasteiger partial charge is 0.493 e. The van der Waals surface area contributed by atoms with Crippen molar-refractivity contribution in [2.75, 3.05) is 26.5 Å². The average Bonchev–Trinajstić information content (AvgIpc) is 2.31. The Labute approximate surface area is 113 Å². The number of ether oxygens (including phenoxy) is 2. The van der Waals surface area contributed by atoms with Crippen LogP contribution < -0.4 is 15.2 Å². The Morgan fingerprint density at radius 3 is 2.53 bits per heavy atom. The second-order valence-electron chi connectivity index (χ2n) is 3.30. The van der Waals surface area contributed by atoms with Gasteiger partial charge in [0.1, 0.15) is 0 Å². The summed E-state index contributed by atoms with van der Waals surface area (Å²) in [5.74, 6) is 1.62. The molecule has 98 valence electrons. The molecule has 0 atom stereocenters. The lowest BCUT2D eigenvalue weighted by atomic mass is 10.1. The van der Waals surface area contributed by atoms with Crippen molar-refractivity contribution in [3.63, 3.8) is 0 Å². The van der Waals surface area contributed by atoms with Crippen molar-refractivity contribution in [3.8, 4) is 11.5 Å². The van der Waals surface area contributed by atoms with E-state index in [0.717, 1.165) is 22.8 Å². The Morgan fingerprint density at radius 2 is 2.06 bits per heavy atom. The first kappa shape index (κ1) is 16.4. The molecule has 0 aliphatic carbocycles. The summed E-state index contributed by atoms with van der Waals surface area (Å²) in [5, 5.41) is 0. The Balaban J connectivity index is 0.00000256. The van der Waals surface area contributed by atoms with Gasteiger partial charge in [0.05, 0.1) is 18.6 Å². The molecule has 0 fully saturated rings. The molecule has 1 rings (SSSR count). The van der Waals surface area contributed by atoms with E-state index >= 15 is 0 Å². The van der Waals surface area contributed by atoms with E-state index in [1.54, 1.807) is 18.9 Å². The molecule has 0 spiro atoms. The zero-order chi connectivity index (χ0) is 12.0. The number of rotatable bonds is 6. The van der Waals surface area contributed by atoms with E-state index < -0.39 is 0 Å². The van der Waals surface area contributed by atoms with Crippen molar-refractivity contribution < 1.29 is 9.47 Å². The highest BCUT2D eigenvalue weighted by molar-refractivity contribution is 7.98. The van der Waals surface area contributed by atoms with E-state index in [0.29, 0.717) is 13.2 Å². The van der Waals surface area contributed by atoms with Gasteiger partial charge in [0, 0.05) is 0 Å². The van der Waals surface area contributed by atoms with Crippen molar-refractivity contribution in [3.05, 3.63) is 17.7 Å². The molecular weight excluding hydrogens is 258 g/mol. The van der Waals surface area contributed by atoms with Crippen molar-refractivity contribution in [1.82, 2.24) is 0 Å². The SMILES string of the molecule is CCOc1c(OC)cc(CCN)cc1SC.Cl. The molecule has 17 heavy (non-hydrogen) atoms. The van der Waals surface area contributed by atoms with Gasteiger partial charge < -0.3 is 15.2 Å². The van der Waals surface area contributed by atoms with E-state index in [1.165, 1.54) is 5.56 Å². The molecule has 0 amide bonds. The highest BCUT2D eigenvalue weighted by atomic mass is 35.5. The third-order valence-electron chi connectivity index (χ3n) is 2.24. The Hall–Kier alpha value is -0.580. The number of hydrogen-bond acceptors (Lipinski definition) is 4. The van der Waals surface area contributed by atoms with E-state index in [1.807, 2.05) is 19.2 Å². The summed E-state index contributed by atoms with van der Waals surface area (Å²) in [7, 11) is 1.66. The van der Waals surface area contributed by atoms with Gasteiger partial charge >= 0.3 is 0 Å². The van der Waals surface area contributed by atoms with Gasteiger partial charge in [-0.15, -0.1) is 24.2 Å². The fourth-order valence-corrected chi connectivity index (χ4v) is 2.15. The topological polar surface area (TPSA) is 44.5 Å². The Kier molecular flexibility index (Phi) is 8.21. The van der Waals surface area contributed by atoms with Gasteiger partial charge in [-0.25, -0.2) is 0 Å². The molecule has 0 aromatic heterocycles. The van der Waals surface area contributed by atoms with Crippen LogP contribution in [0.15, 0.2) is 17.0 Å². The molecule has 2 N–H and O–H groups in total. The fraction of sp³-hybridized carbons (Fsp3) is 0.500. The molecule has 0 bridgehead atoms. The minimum absolute atomic E-state index is 0. The van der Waals surface area contributed by atoms with Crippen molar-refractivity contribution in [2.45, 2.75) is 18.2 Å². The second-order valence-corrected chi connectivity index (χ2v) is 4.15. The minimum atomic E-state index is 0. The first-order chi connectivity index (χ1) is 7.76. The number of thioether (sulfide) groups is 1. The van der Waals surface area contributed by atoms with Crippen LogP contribution in [0.5, 0.6) is 11.5 Å². The first-order valence-electron chi connectivity index (χ1n) is 5.34. The summed E-state index contributed by atoms with van der Waals surface area (Å²) >= 11 is 1.66. The number of benzene rings is 1. The zero-order valence-corrected chi connectivity index (χ0v) is 12.1. The Morgan fingerprint density at radius 1 is 1.35 bits per heavy atom. The Bertz CT molecular complexity index is 322. The molecule has 1 aromatic carbocycles. The van der Waals surface area contributed by atoms with E-state index in [9.17, 15) is 0 Å². The maximum atomic E-state index is 5.61. The molecule has 0 aliphatic rings. The van der Waals surface area contributed by atoms with Gasteiger partial charge in [-0.1, -0.05) is 0 Å². The number of nitrogens with two attached hydrogens (primary N) is 1. The number of methoxy groups -OCH3 is 1. The molecule has 0 heterocycles. The van der Waals surface area contributed by atoms with Gasteiger partial charge in [-0.3, -0.25) is 0 Å². The molecule has 0 unspecified atom stereocenters. The van der Waals surface area contributed by atoms with E-state index in [-0.39, 0.29) is 12.4 Å². The predicted molar refractivity (Wildman–Crippen MR) is 76.0 cm³/mol. The number of hydrogen-bond donors (Lipinski definition) is 1. The molecule has 0 radical (unpaired) electrons. The predicted octanol–water partition coefficient (Wildman–Crippen LogP) is 2.74. The molecule has 0 aliphatic heterocycles. The summed E-state index contributed by atoms with van der Waals surface area (Å²) in [5.41, 5.74) is 6.75. The molecule has 0 saturated heterocycles. The second kappa shape index (κ2) is 8.50. The lowest BCUT2D eigenvalue weighted by Gasteiger charge is -2.14. The van der Waals surface area contributed by atoms with Gasteiger partial charge in [0.2, 0.25) is 0 Å². The highest BCUT2D eigenvalue weighted by Crippen LogP contribution is 2.38. The minimum Gasteiger partial charge on any atom is -0.493 e. The van der Waals surface area contributed by atoms with Gasteiger partial charge in [0.25, 0.3) is 0 Å². The third-order valence-corrected chi connectivity index (χ3v) is 2.99. The fourth-order valence-electron chi connectivity index (χ4n) is 1.53. The van der Waals surface area contributed by atoms with Gasteiger partial charge in [-0.05, 0) is 43.8 Å². The van der Waals surface area contributed by atoms with Crippen LogP contribution in [0.2, 0.25) is 0 Å². The van der Waals surface area contributed by atoms with E-state index in [2.05, 4.69) is 6.07 Å². The van der Waals surface area contributed by atoms with Crippen LogP contribution in [0.1, 0.15) is 12.5 Å². The van der Waals surface area contributed by atoms with Crippen LogP contribution in [0.4, 0.5) is 0 Å². The first-order valence-corrected chi connectivity index (χ1v) is 6.57. The van der Waals surface area contributed by atoms with Gasteiger partial charge in [-0.2, -0.15) is 0 Å². The lowest BCUT2D eigenvalue weighted by Crippen LogP contribution is -2.04. The van der Waals surface area contributed by atoms with Crippen molar-refractivity contribution in [2.24, 2.45) is 5.73 Å². The lowest BCUT2D eigenvalue weighted by molar-refractivity contribution is 0.303. The standard InChI is InChI=1S/C12H19NO2S.ClH/c1-4-15-12-10(14-2)7-9(5-6-13)8-11(12)16-3;/h7-8H,4-6,13H2,1-3H3;1H. The summed E-state index contributed by atoms with van der Waals surface area (Å²) in [6, 6.07) is 4.11. The third kappa shape index (κ3) is 4.30.